The molecule has 0 fully saturated rings. The molecule has 2 N–H and O–H groups in total. The van der Waals surface area contributed by atoms with Gasteiger partial charge in [0.05, 0.1) is 33.8 Å². The summed E-state index contributed by atoms with van der Waals surface area (Å²) in [6.07, 6.45) is 68.9. The monoisotopic (exact) mass is 1060 g/mol. The number of phosphoric acid groups is 1. The number of carbonyl (C=O) groups is 2. The van der Waals surface area contributed by atoms with Crippen LogP contribution in [0.3, 0.4) is 0 Å². The molecule has 0 aromatic rings. The molecular formula is C64H118N2O7P+. The van der Waals surface area contributed by atoms with Crippen LogP contribution in [0.4, 0.5) is 0 Å². The zero-order valence-electron chi connectivity index (χ0n) is 49.1. The Morgan fingerprint density at radius 2 is 0.865 bits per heavy atom. The minimum absolute atomic E-state index is 0.0366. The predicted molar refractivity (Wildman–Crippen MR) is 318 cm³/mol. The van der Waals surface area contributed by atoms with Gasteiger partial charge < -0.3 is 19.4 Å². The lowest BCUT2D eigenvalue weighted by molar-refractivity contribution is -0.870. The summed E-state index contributed by atoms with van der Waals surface area (Å²) in [7, 11) is 1.49. The molecule has 0 aliphatic heterocycles. The van der Waals surface area contributed by atoms with Crippen LogP contribution < -0.4 is 5.32 Å². The van der Waals surface area contributed by atoms with Crippen molar-refractivity contribution in [2.45, 2.75) is 283 Å². The van der Waals surface area contributed by atoms with Crippen LogP contribution in [-0.4, -0.2) is 74.3 Å². The molecule has 0 spiro atoms. The van der Waals surface area contributed by atoms with Gasteiger partial charge in [-0.15, -0.1) is 0 Å². The Morgan fingerprint density at radius 1 is 0.486 bits per heavy atom. The minimum Gasteiger partial charge on any atom is -0.456 e. The van der Waals surface area contributed by atoms with Crippen LogP contribution in [-0.2, 0) is 27.9 Å². The second kappa shape index (κ2) is 53.8. The number of esters is 1. The molecule has 0 saturated heterocycles. The van der Waals surface area contributed by atoms with Crippen molar-refractivity contribution in [1.29, 1.82) is 0 Å². The number of unbranched alkanes of at least 4 members (excludes halogenated alkanes) is 29. The van der Waals surface area contributed by atoms with Gasteiger partial charge in [0.1, 0.15) is 19.3 Å². The van der Waals surface area contributed by atoms with Crippen molar-refractivity contribution >= 4 is 19.7 Å². The third-order valence-corrected chi connectivity index (χ3v) is 14.4. The Labute approximate surface area is 457 Å². The Balaban J connectivity index is 5.19. The lowest BCUT2D eigenvalue weighted by Crippen LogP contribution is -2.47. The number of allylic oxidation sites excluding steroid dienone is 11. The second-order valence-corrected chi connectivity index (χ2v) is 23.3. The molecule has 0 rings (SSSR count). The van der Waals surface area contributed by atoms with E-state index in [1.54, 1.807) is 0 Å². The standard InChI is InChI=1S/C64H117N2O7P/c1-7-10-13-16-19-22-25-27-29-30-31-32-33-34-35-36-37-38-41-44-47-50-53-56-63(67)65-61(60-72-74(69,70)71-59-58-66(4,5)6)62(55-52-49-46-43-40-24-21-18-15-12-9-3)73-64(68)57-54-51-48-45-42-39-28-26-23-20-17-14-11-8-2/h10,13,19,22,27,29,31-32,34-35,52,55,61-62H,7-9,11-12,14-18,20-21,23-26,28,30,33,36-51,53-54,56-60H2,1-6H3,(H-,65,67,69,70)/p+1/b13-10-,22-19-,29-27-,32-31-,35-34-,55-52-. The first-order chi connectivity index (χ1) is 35.9. The number of nitrogens with zero attached hydrogens (tertiary/aromatic N) is 1. The van der Waals surface area contributed by atoms with Crippen LogP contribution in [0.5, 0.6) is 0 Å². The van der Waals surface area contributed by atoms with Crippen molar-refractivity contribution in [1.82, 2.24) is 5.32 Å². The average Bonchev–Trinajstić information content (AvgIpc) is 3.36. The quantitative estimate of drug-likeness (QED) is 0.0205. The first kappa shape index (κ1) is 71.5. The predicted octanol–water partition coefficient (Wildman–Crippen LogP) is 18.8. The highest BCUT2D eigenvalue weighted by atomic mass is 31.2. The molecule has 74 heavy (non-hydrogen) atoms. The fraction of sp³-hybridized carbons (Fsp3) is 0.781. The van der Waals surface area contributed by atoms with E-state index in [0.717, 1.165) is 103 Å². The van der Waals surface area contributed by atoms with E-state index < -0.39 is 20.0 Å². The van der Waals surface area contributed by atoms with E-state index in [4.69, 9.17) is 13.8 Å². The molecule has 10 heteroatoms. The van der Waals surface area contributed by atoms with E-state index in [2.05, 4.69) is 86.8 Å². The molecule has 430 valence electrons. The van der Waals surface area contributed by atoms with Gasteiger partial charge in [-0.25, -0.2) is 4.57 Å². The van der Waals surface area contributed by atoms with Crippen molar-refractivity contribution in [3.05, 3.63) is 72.9 Å². The van der Waals surface area contributed by atoms with E-state index in [1.807, 2.05) is 33.3 Å². The van der Waals surface area contributed by atoms with Crippen molar-refractivity contribution in [2.75, 3.05) is 40.9 Å². The minimum atomic E-state index is -4.45. The van der Waals surface area contributed by atoms with Crippen molar-refractivity contribution in [2.24, 2.45) is 0 Å². The van der Waals surface area contributed by atoms with E-state index in [-0.39, 0.29) is 31.5 Å². The molecule has 9 nitrogen and oxygen atoms in total. The normalized spacial score (nSPS) is 14.2. The maximum absolute atomic E-state index is 13.5. The van der Waals surface area contributed by atoms with Gasteiger partial charge >= 0.3 is 13.8 Å². The molecule has 0 saturated carbocycles. The SMILES string of the molecule is CC/C=C\C/C=C\C/C=C\C/C=C\C/C=C\CCCCCCCCCC(=O)NC(COP(=O)(O)OCC[N+](C)(C)C)C(/C=C\CCCCCCCCCCC)OC(=O)CCCCCCCCCCCCCCCC. The molecule has 1 amide bonds. The number of nitrogens with one attached hydrogen (secondary N) is 1. The summed E-state index contributed by atoms with van der Waals surface area (Å²) in [5.74, 6) is -0.514. The van der Waals surface area contributed by atoms with Crippen LogP contribution >= 0.6 is 7.82 Å². The number of amides is 1. The van der Waals surface area contributed by atoms with Gasteiger partial charge in [-0.2, -0.15) is 0 Å². The third kappa shape index (κ3) is 54.2. The molecule has 0 bridgehead atoms. The number of phosphoric ester groups is 1. The topological polar surface area (TPSA) is 111 Å². The molecule has 0 heterocycles. The zero-order valence-corrected chi connectivity index (χ0v) is 50.0. The number of hydrogen-bond donors (Lipinski definition) is 2. The Bertz CT molecular complexity index is 1500. The third-order valence-electron chi connectivity index (χ3n) is 13.4. The number of rotatable bonds is 55. The largest absolute Gasteiger partial charge is 0.472 e. The fourth-order valence-electron chi connectivity index (χ4n) is 8.67. The lowest BCUT2D eigenvalue weighted by atomic mass is 10.0. The van der Waals surface area contributed by atoms with Crippen LogP contribution in [0.1, 0.15) is 271 Å². The summed E-state index contributed by atoms with van der Waals surface area (Å²) in [5.41, 5.74) is 0. The summed E-state index contributed by atoms with van der Waals surface area (Å²) < 4.78 is 30.7. The number of carbonyl (C=O) groups excluding carboxylic acids is 2. The molecule has 0 aromatic heterocycles. The van der Waals surface area contributed by atoms with E-state index in [1.165, 1.54) is 135 Å². The molecule has 0 radical (unpaired) electrons. The fourth-order valence-corrected chi connectivity index (χ4v) is 9.41. The highest BCUT2D eigenvalue weighted by Crippen LogP contribution is 2.43. The first-order valence-corrected chi connectivity index (χ1v) is 32.3. The summed E-state index contributed by atoms with van der Waals surface area (Å²) in [6.45, 7) is 6.89. The average molecular weight is 1060 g/mol. The lowest BCUT2D eigenvalue weighted by Gasteiger charge is -2.27. The second-order valence-electron chi connectivity index (χ2n) is 21.9. The molecular weight excluding hydrogens is 940 g/mol. The van der Waals surface area contributed by atoms with Gasteiger partial charge in [0.25, 0.3) is 0 Å². The molecule has 0 aliphatic carbocycles. The van der Waals surface area contributed by atoms with Gasteiger partial charge in [-0.1, -0.05) is 255 Å². The van der Waals surface area contributed by atoms with Crippen LogP contribution in [0.25, 0.3) is 0 Å². The summed E-state index contributed by atoms with van der Waals surface area (Å²) in [6, 6.07) is -0.854. The highest BCUT2D eigenvalue weighted by Gasteiger charge is 2.30. The highest BCUT2D eigenvalue weighted by molar-refractivity contribution is 7.47. The molecule has 3 atom stereocenters. The number of quaternary nitrogens is 1. The van der Waals surface area contributed by atoms with Gasteiger partial charge in [0.2, 0.25) is 5.91 Å². The van der Waals surface area contributed by atoms with Crippen LogP contribution in [0.2, 0.25) is 0 Å². The van der Waals surface area contributed by atoms with Crippen molar-refractivity contribution in [3.8, 4) is 0 Å². The molecule has 0 aromatic carbocycles. The Kier molecular flexibility index (Phi) is 52.0. The maximum atomic E-state index is 13.5. The van der Waals surface area contributed by atoms with Crippen molar-refractivity contribution in [3.63, 3.8) is 0 Å². The van der Waals surface area contributed by atoms with Crippen molar-refractivity contribution < 1.29 is 37.3 Å². The zero-order chi connectivity index (χ0) is 54.3. The maximum Gasteiger partial charge on any atom is 0.472 e. The summed E-state index contributed by atoms with van der Waals surface area (Å²) >= 11 is 0. The Hall–Kier alpha value is -2.55. The summed E-state index contributed by atoms with van der Waals surface area (Å²) in [4.78, 5) is 37.7. The van der Waals surface area contributed by atoms with E-state index >= 15 is 0 Å². The number of likely N-dealkylation sites (N-methyl/N-ethyl adjacent to an activating group) is 1. The number of ether oxygens (including phenoxy) is 1. The number of hydrogen-bond acceptors (Lipinski definition) is 6. The van der Waals surface area contributed by atoms with Gasteiger partial charge in [-0.3, -0.25) is 18.6 Å². The van der Waals surface area contributed by atoms with Gasteiger partial charge in [-0.05, 0) is 76.7 Å². The van der Waals surface area contributed by atoms with Gasteiger partial charge in [0.15, 0.2) is 0 Å². The van der Waals surface area contributed by atoms with Crippen LogP contribution in [0.15, 0.2) is 72.9 Å². The van der Waals surface area contributed by atoms with Crippen LogP contribution in [0, 0.1) is 0 Å². The first-order valence-electron chi connectivity index (χ1n) is 30.8. The summed E-state index contributed by atoms with van der Waals surface area (Å²) in [5, 5.41) is 3.05. The molecule has 3 unspecified atom stereocenters. The smallest absolute Gasteiger partial charge is 0.456 e. The Morgan fingerprint density at radius 3 is 1.30 bits per heavy atom. The van der Waals surface area contributed by atoms with E-state index in [9.17, 15) is 19.0 Å². The van der Waals surface area contributed by atoms with E-state index in [0.29, 0.717) is 17.4 Å². The van der Waals surface area contributed by atoms with Gasteiger partial charge in [0, 0.05) is 12.8 Å². The molecule has 0 aliphatic rings.